The number of halogens is 3. The fourth-order valence-corrected chi connectivity index (χ4v) is 19.0. The molecule has 6 amide bonds. The van der Waals surface area contributed by atoms with Crippen LogP contribution in [0.5, 0.6) is 34.5 Å². The van der Waals surface area contributed by atoms with Gasteiger partial charge in [-0.3, -0.25) is 19.6 Å². The molecule has 9 aromatic carbocycles. The van der Waals surface area contributed by atoms with E-state index in [4.69, 9.17) is 53.1 Å². The number of urea groups is 3. The van der Waals surface area contributed by atoms with Gasteiger partial charge in [-0.2, -0.15) is 23.1 Å². The maximum absolute atomic E-state index is 14.6. The largest absolute Gasteiger partial charge is 0.497 e. The van der Waals surface area contributed by atoms with E-state index in [0.717, 1.165) is 184 Å². The minimum atomic E-state index is -4.55. The van der Waals surface area contributed by atoms with Crippen LogP contribution in [0.3, 0.4) is 0 Å². The van der Waals surface area contributed by atoms with E-state index in [0.29, 0.717) is 112 Å². The van der Waals surface area contributed by atoms with Crippen molar-refractivity contribution < 1.29 is 60.7 Å². The van der Waals surface area contributed by atoms with Crippen molar-refractivity contribution in [2.75, 3.05) is 223 Å². The van der Waals surface area contributed by atoms with Crippen LogP contribution >= 0.6 is 0 Å². The van der Waals surface area contributed by atoms with Crippen LogP contribution in [0.15, 0.2) is 188 Å². The number of likely N-dealkylation sites (N-methyl/N-ethyl adjacent to an activating group) is 3. The predicted octanol–water partition coefficient (Wildman–Crippen LogP) is 18.4. The Labute approximate surface area is 815 Å². The third-order valence-electron chi connectivity index (χ3n) is 26.6. The summed E-state index contributed by atoms with van der Waals surface area (Å²) in [6.07, 6.45) is 1.24. The second-order valence-corrected chi connectivity index (χ2v) is 36.2. The van der Waals surface area contributed by atoms with Crippen LogP contribution in [0.25, 0.3) is 0 Å². The summed E-state index contributed by atoms with van der Waals surface area (Å²) in [5.74, 6) is 5.62. The number of benzene rings is 9. The molecule has 0 radical (unpaired) electrons. The number of para-hydroxylation sites is 3. The topological polar surface area (TPSA) is 259 Å². The van der Waals surface area contributed by atoms with Gasteiger partial charge in [0.15, 0.2) is 11.6 Å². The van der Waals surface area contributed by atoms with Crippen LogP contribution in [0.1, 0.15) is 72.6 Å². The molecule has 2 N–H and O–H groups in total. The SMILES string of the molecule is COc1ccc(N2C(=O)N(c3c(C)cccc3C)Cc3cnc(Cc4cc(N5CCOCC5)cc(N5CCN(C)CC5)c4)nc32)c(OC)c1.COc1ccc(N2C(=O)N(c3c(C)cccc3C)Cc3cnc(Nc4cc(CN5CCN(C)CC5)cc(C(F)(F)F)c4)nc32)c(OC)c1.COc1ccc(N2C(=O)N(c3c(C)cccc3C)Cc3cnc(Nc4ccc(N5CCN(C)CC5)cc4)nc32)c(OC)c1. The number of amides is 6. The zero-order valence-electron chi connectivity index (χ0n) is 82.0. The van der Waals surface area contributed by atoms with Crippen molar-refractivity contribution in [3.8, 4) is 34.5 Å². The maximum atomic E-state index is 14.6. The first-order chi connectivity index (χ1) is 67.6. The minimum Gasteiger partial charge on any atom is -0.497 e. The Morgan fingerprint density at radius 3 is 1.14 bits per heavy atom. The number of rotatable bonds is 23. The van der Waals surface area contributed by atoms with Crippen molar-refractivity contribution in [2.24, 2.45) is 0 Å². The number of morpholine rings is 1. The van der Waals surface area contributed by atoms with Gasteiger partial charge in [0.25, 0.3) is 0 Å². The highest BCUT2D eigenvalue weighted by Gasteiger charge is 2.42. The lowest BCUT2D eigenvalue weighted by atomic mass is 10.1. The summed E-state index contributed by atoms with van der Waals surface area (Å²) < 4.78 is 81.3. The summed E-state index contributed by atoms with van der Waals surface area (Å²) in [7, 11) is 15.8. The molecule has 0 spiro atoms. The second-order valence-electron chi connectivity index (χ2n) is 36.2. The van der Waals surface area contributed by atoms with Gasteiger partial charge >= 0.3 is 24.3 Å². The quantitative estimate of drug-likeness (QED) is 0.0603. The van der Waals surface area contributed by atoms with E-state index in [-0.39, 0.29) is 42.1 Å². The zero-order chi connectivity index (χ0) is 98.3. The van der Waals surface area contributed by atoms with Crippen molar-refractivity contribution in [1.29, 1.82) is 0 Å². The molecule has 0 saturated carbocycles. The first-order valence-corrected chi connectivity index (χ1v) is 47.0. The number of aromatic nitrogens is 6. The molecule has 4 fully saturated rings. The van der Waals surface area contributed by atoms with Crippen molar-refractivity contribution in [3.63, 3.8) is 0 Å². The Bertz CT molecular complexity index is 6470. The van der Waals surface area contributed by atoms with Crippen LogP contribution < -0.4 is 83.2 Å². The summed E-state index contributed by atoms with van der Waals surface area (Å²) in [5, 5.41) is 6.33. The number of fused-ring (bicyclic) bond motifs is 3. The van der Waals surface area contributed by atoms with Gasteiger partial charge in [0, 0.05) is 187 Å². The Hall–Kier alpha value is -14.6. The molecular formula is C106H120F3N21O10. The smallest absolute Gasteiger partial charge is 0.416 e. The van der Waals surface area contributed by atoms with E-state index in [2.05, 4.69) is 99.3 Å². The summed E-state index contributed by atoms with van der Waals surface area (Å²) in [4.78, 5) is 98.5. The molecule has 3 aromatic heterocycles. The van der Waals surface area contributed by atoms with Crippen molar-refractivity contribution in [1.82, 2.24) is 49.5 Å². The molecule has 0 atom stereocenters. The number of piperazine rings is 3. The highest BCUT2D eigenvalue weighted by atomic mass is 19.4. The number of carbonyl (C=O) groups is 3. The van der Waals surface area contributed by atoms with Crippen molar-refractivity contribution >= 4 is 110 Å². The summed E-state index contributed by atoms with van der Waals surface area (Å²) in [6.45, 7) is 27.8. The third kappa shape index (κ3) is 21.2. The van der Waals surface area contributed by atoms with Crippen LogP contribution in [-0.4, -0.2) is 236 Å². The summed E-state index contributed by atoms with van der Waals surface area (Å²) in [5.41, 5.74) is 17.9. The first-order valence-electron chi connectivity index (χ1n) is 47.0. The number of hydrogen-bond donors (Lipinski definition) is 2. The second kappa shape index (κ2) is 42.4. The molecule has 4 saturated heterocycles. The van der Waals surface area contributed by atoms with Gasteiger partial charge in [0.05, 0.1) is 115 Å². The number of aryl methyl sites for hydroxylation is 6. The van der Waals surface area contributed by atoms with Gasteiger partial charge in [-0.15, -0.1) is 0 Å². The molecule has 0 aliphatic carbocycles. The molecule has 31 nitrogen and oxygen atoms in total. The fourth-order valence-electron chi connectivity index (χ4n) is 19.0. The Morgan fingerprint density at radius 2 is 0.743 bits per heavy atom. The number of methoxy groups -OCH3 is 6. The standard InChI is InChI=1S/C38H45N7O4.C35H38F3N7O3.C33H37N7O3/c1-26-7-6-8-27(2)36(26)44-25-29-24-39-35(40-37(29)45(38(44)46)33-10-9-32(47-4)23-34(33)48-5)21-28-19-30(42-13-11-41(3)12-14-42)22-31(20-28)43-15-17-49-18-16-43;1-22-7-6-8-23(2)31(22)44-21-25-19-39-33(41-32(25)45(34(44)46)29-10-9-28(47-4)18-30(29)48-5)40-27-16-24(15-26(17-27)35(36,37)38)20-43-13-11-42(3)12-14-43;1-22-7-6-8-23(2)30(22)39-21-24-20-34-32(35-25-9-11-26(12-10-25)38-17-15-37(3)16-18-38)36-31(24)40(33(39)41)28-14-13-27(42-4)19-29(28)43-5/h6-10,19-20,22-24H,11-18,21,25H2,1-5H3;6-10,15-19H,11-14,20-21H2,1-5H3,(H,39,40,41);6-14,19-20H,15-18,21H2,1-5H3,(H,34,35,36). The number of carbonyl (C=O) groups excluding carboxylic acids is 3. The molecule has 140 heavy (non-hydrogen) atoms. The maximum Gasteiger partial charge on any atom is 0.416 e. The highest BCUT2D eigenvalue weighted by molar-refractivity contribution is 6.14. The molecule has 730 valence electrons. The molecule has 12 aromatic rings. The number of nitrogens with zero attached hydrogens (tertiary/aromatic N) is 19. The Morgan fingerprint density at radius 1 is 0.371 bits per heavy atom. The molecule has 34 heteroatoms. The van der Waals surface area contributed by atoms with Crippen molar-refractivity contribution in [3.05, 3.63) is 261 Å². The average molecular weight is 1910 g/mol. The van der Waals surface area contributed by atoms with Gasteiger partial charge in [0.2, 0.25) is 11.9 Å². The molecule has 0 unspecified atom stereocenters. The lowest BCUT2D eigenvalue weighted by Crippen LogP contribution is -2.46. The number of nitrogens with one attached hydrogen (secondary N) is 2. The van der Waals surface area contributed by atoms with Gasteiger partial charge < -0.3 is 73.2 Å². The van der Waals surface area contributed by atoms with Crippen LogP contribution in [0, 0.1) is 41.5 Å². The third-order valence-corrected chi connectivity index (χ3v) is 26.6. The molecule has 7 aliphatic heterocycles. The van der Waals surface area contributed by atoms with Gasteiger partial charge in [-0.1, -0.05) is 54.6 Å². The highest BCUT2D eigenvalue weighted by Crippen LogP contribution is 2.48. The lowest BCUT2D eigenvalue weighted by Gasteiger charge is -2.37. The van der Waals surface area contributed by atoms with Crippen LogP contribution in [-0.2, 0) is 43.5 Å². The van der Waals surface area contributed by atoms with E-state index in [1.54, 1.807) is 96.8 Å². The molecule has 10 heterocycles. The first kappa shape index (κ1) is 97.1. The van der Waals surface area contributed by atoms with E-state index in [1.807, 2.05) is 151 Å². The summed E-state index contributed by atoms with van der Waals surface area (Å²) >= 11 is 0. The van der Waals surface area contributed by atoms with Gasteiger partial charge in [0.1, 0.15) is 46.1 Å². The zero-order valence-corrected chi connectivity index (χ0v) is 82.0. The number of hydrogen-bond acceptors (Lipinski definition) is 25. The fraction of sp³-hybridized carbons (Fsp3) is 0.349. The Kier molecular flexibility index (Phi) is 29.4. The van der Waals surface area contributed by atoms with Crippen LogP contribution in [0.4, 0.5) is 119 Å². The monoisotopic (exact) mass is 1900 g/mol. The average Bonchev–Trinajstić information content (AvgIpc) is 0.751. The molecular weight excluding hydrogens is 1780 g/mol. The lowest BCUT2D eigenvalue weighted by molar-refractivity contribution is -0.137. The van der Waals surface area contributed by atoms with Crippen molar-refractivity contribution in [2.45, 2.75) is 80.3 Å². The minimum absolute atomic E-state index is 0.0458. The number of anilines is 16. The van der Waals surface area contributed by atoms with E-state index in [9.17, 15) is 27.6 Å². The van der Waals surface area contributed by atoms with Gasteiger partial charge in [-0.25, -0.2) is 49.0 Å². The van der Waals surface area contributed by atoms with E-state index in [1.165, 1.54) is 42.2 Å². The molecule has 7 aliphatic rings. The molecule has 19 rings (SSSR count). The normalized spacial score (nSPS) is 16.1. The predicted molar refractivity (Wildman–Crippen MR) is 543 cm³/mol. The summed E-state index contributed by atoms with van der Waals surface area (Å²) in [6, 6.07) is 52.2. The van der Waals surface area contributed by atoms with E-state index >= 15 is 0 Å². The van der Waals surface area contributed by atoms with Crippen LogP contribution in [0.2, 0.25) is 0 Å². The molecule has 0 bridgehead atoms. The van der Waals surface area contributed by atoms with E-state index < -0.39 is 11.7 Å². The number of alkyl halides is 3. The van der Waals surface area contributed by atoms with Gasteiger partial charge in [-0.05, 0) is 204 Å². The number of ether oxygens (including phenoxy) is 7. The Balaban J connectivity index is 0.000000145.